The van der Waals surface area contributed by atoms with Crippen LogP contribution in [-0.4, -0.2) is 0 Å². The van der Waals surface area contributed by atoms with Crippen LogP contribution in [0.4, 0.5) is 0 Å². The first kappa shape index (κ1) is 6.66. The lowest BCUT2D eigenvalue weighted by molar-refractivity contribution is 1.00. The Hall–Kier alpha value is -1.04. The lowest BCUT2D eigenvalue weighted by Gasteiger charge is -2.01. The van der Waals surface area contributed by atoms with Crippen LogP contribution in [0.1, 0.15) is 17.5 Å². The number of hydrogen-bond acceptors (Lipinski definition) is 0. The van der Waals surface area contributed by atoms with Gasteiger partial charge in [0.1, 0.15) is 0 Å². The maximum atomic E-state index is 3.11. The van der Waals surface area contributed by atoms with Gasteiger partial charge in [0, 0.05) is 0 Å². The number of benzene rings is 1. The van der Waals surface area contributed by atoms with Gasteiger partial charge in [-0.05, 0) is 36.5 Å². The highest BCUT2D eigenvalue weighted by molar-refractivity contribution is 5.30. The van der Waals surface area contributed by atoms with E-state index in [-0.39, 0.29) is 0 Å². The summed E-state index contributed by atoms with van der Waals surface area (Å²) in [6.07, 6.45) is 7.99. The second-order valence-electron chi connectivity index (χ2n) is 2.91. The summed E-state index contributed by atoms with van der Waals surface area (Å²) in [4.78, 5) is 0. The van der Waals surface area contributed by atoms with Crippen molar-refractivity contribution >= 4 is 0 Å². The van der Waals surface area contributed by atoms with Gasteiger partial charge in [0.2, 0.25) is 0 Å². The predicted molar refractivity (Wildman–Crippen MR) is 46.4 cm³/mol. The minimum absolute atomic E-state index is 1.09. The first-order valence-corrected chi connectivity index (χ1v) is 4.09. The molecule has 1 aromatic carbocycles. The molecule has 0 atom stereocenters. The summed E-state index contributed by atoms with van der Waals surface area (Å²) in [6, 6.07) is 9.40. The van der Waals surface area contributed by atoms with Crippen LogP contribution in [-0.2, 0) is 12.8 Å². The first-order chi connectivity index (χ1) is 5.47. The molecule has 1 aliphatic carbocycles. The molecule has 1 aromatic rings. The van der Waals surface area contributed by atoms with Crippen molar-refractivity contribution in [2.75, 3.05) is 0 Å². The molecule has 0 heterocycles. The Bertz CT molecular complexity index is 271. The van der Waals surface area contributed by atoms with E-state index < -0.39 is 0 Å². The van der Waals surface area contributed by atoms with Crippen LogP contribution in [0.5, 0.6) is 0 Å². The lowest BCUT2D eigenvalue weighted by Crippen LogP contribution is -1.88. The zero-order valence-electron chi connectivity index (χ0n) is 6.51. The molecule has 0 spiro atoms. The van der Waals surface area contributed by atoms with Gasteiger partial charge in [0.15, 0.2) is 0 Å². The van der Waals surface area contributed by atoms with Gasteiger partial charge >= 0.3 is 0 Å². The molecule has 0 unspecified atom stereocenters. The number of aryl methyl sites for hydroxylation is 1. The van der Waals surface area contributed by atoms with Crippen LogP contribution in [0.2, 0.25) is 0 Å². The highest BCUT2D eigenvalue weighted by Gasteiger charge is 2.01. The summed E-state index contributed by atoms with van der Waals surface area (Å²) in [6.45, 7) is 0. The molecule has 11 heavy (non-hydrogen) atoms. The molecule has 0 heteroatoms. The quantitative estimate of drug-likeness (QED) is 0.489. The Labute approximate surface area is 67.6 Å². The Kier molecular flexibility index (Phi) is 1.76. The summed E-state index contributed by atoms with van der Waals surface area (Å²) in [5, 5.41) is 0. The van der Waals surface area contributed by atoms with E-state index in [9.17, 15) is 0 Å². The molecule has 0 aliphatic heterocycles. The van der Waals surface area contributed by atoms with Gasteiger partial charge in [0.25, 0.3) is 0 Å². The van der Waals surface area contributed by atoms with E-state index >= 15 is 0 Å². The summed E-state index contributed by atoms with van der Waals surface area (Å²) in [7, 11) is 0. The Morgan fingerprint density at radius 3 is 3.18 bits per heavy atom. The van der Waals surface area contributed by atoms with E-state index in [4.69, 9.17) is 0 Å². The molecular weight excluding hydrogens is 132 g/mol. The summed E-state index contributed by atoms with van der Waals surface area (Å²) in [5.74, 6) is 0. The van der Waals surface area contributed by atoms with Crippen LogP contribution in [0.25, 0.3) is 0 Å². The monoisotopic (exact) mass is 143 g/mol. The maximum absolute atomic E-state index is 3.11. The van der Waals surface area contributed by atoms with Crippen molar-refractivity contribution in [2.24, 2.45) is 0 Å². The van der Waals surface area contributed by atoms with Crippen molar-refractivity contribution in [1.82, 2.24) is 0 Å². The average Bonchev–Trinajstić information content (AvgIpc) is 2.28. The standard InChI is InChI=1S/C11H11/c1-2-6-10-8-4-5-9-11(10)7-3-1/h1-2,5,8-9H,3,6-7H2. The molecule has 0 N–H and O–H groups in total. The first-order valence-electron chi connectivity index (χ1n) is 4.09. The van der Waals surface area contributed by atoms with Crippen LogP contribution in [0.15, 0.2) is 30.4 Å². The largest absolute Gasteiger partial charge is 0.0879 e. The van der Waals surface area contributed by atoms with Crippen LogP contribution in [0.3, 0.4) is 0 Å². The fourth-order valence-electron chi connectivity index (χ4n) is 1.50. The molecule has 0 fully saturated rings. The van der Waals surface area contributed by atoms with E-state index in [0.29, 0.717) is 0 Å². The molecule has 0 amide bonds. The maximum Gasteiger partial charge on any atom is -0.00945 e. The molecule has 0 saturated carbocycles. The molecule has 0 bridgehead atoms. The van der Waals surface area contributed by atoms with Gasteiger partial charge in [-0.2, -0.15) is 0 Å². The van der Waals surface area contributed by atoms with Crippen molar-refractivity contribution in [1.29, 1.82) is 0 Å². The molecule has 0 nitrogen and oxygen atoms in total. The second kappa shape index (κ2) is 2.91. The molecule has 1 aliphatic rings. The van der Waals surface area contributed by atoms with Gasteiger partial charge < -0.3 is 0 Å². The molecular formula is C11H11. The predicted octanol–water partition coefficient (Wildman–Crippen LogP) is 2.53. The smallest absolute Gasteiger partial charge is 0.00945 e. The van der Waals surface area contributed by atoms with Gasteiger partial charge in [0.05, 0.1) is 0 Å². The normalized spacial score (nSPS) is 15.6. The fourth-order valence-corrected chi connectivity index (χ4v) is 1.50. The number of hydrogen-bond donors (Lipinski definition) is 0. The lowest BCUT2D eigenvalue weighted by atomic mass is 10.0. The van der Waals surface area contributed by atoms with E-state index in [1.807, 2.05) is 6.07 Å². The van der Waals surface area contributed by atoms with E-state index in [2.05, 4.69) is 30.4 Å². The summed E-state index contributed by atoms with van der Waals surface area (Å²) < 4.78 is 0. The highest BCUT2D eigenvalue weighted by Crippen LogP contribution is 2.15. The van der Waals surface area contributed by atoms with Crippen molar-refractivity contribution in [2.45, 2.75) is 19.3 Å². The van der Waals surface area contributed by atoms with Crippen molar-refractivity contribution < 1.29 is 0 Å². The van der Waals surface area contributed by atoms with Crippen LogP contribution < -0.4 is 0 Å². The van der Waals surface area contributed by atoms with Crippen molar-refractivity contribution in [3.05, 3.63) is 47.5 Å². The summed E-state index contributed by atoms with van der Waals surface area (Å²) >= 11 is 0. The van der Waals surface area contributed by atoms with Gasteiger partial charge in [-0.1, -0.05) is 30.4 Å². The van der Waals surface area contributed by atoms with Gasteiger partial charge in [-0.3, -0.25) is 0 Å². The number of allylic oxidation sites excluding steroid dienone is 2. The molecule has 1 radical (unpaired) electrons. The molecule has 2 rings (SSSR count). The third kappa shape index (κ3) is 1.35. The van der Waals surface area contributed by atoms with Gasteiger partial charge in [-0.25, -0.2) is 0 Å². The van der Waals surface area contributed by atoms with E-state index in [1.54, 1.807) is 0 Å². The number of fused-ring (bicyclic) bond motifs is 1. The Morgan fingerprint density at radius 1 is 1.18 bits per heavy atom. The molecule has 0 aromatic heterocycles. The molecule has 0 saturated heterocycles. The SMILES string of the molecule is [c]1ccc2c(c1)CC=CCC2. The Morgan fingerprint density at radius 2 is 2.18 bits per heavy atom. The average molecular weight is 143 g/mol. The minimum Gasteiger partial charge on any atom is -0.0879 e. The zero-order chi connectivity index (χ0) is 7.52. The fraction of sp³-hybridized carbons (Fsp3) is 0.273. The van der Waals surface area contributed by atoms with E-state index in [1.165, 1.54) is 24.0 Å². The minimum atomic E-state index is 1.09. The van der Waals surface area contributed by atoms with Crippen LogP contribution in [0, 0.1) is 6.07 Å². The van der Waals surface area contributed by atoms with Crippen LogP contribution >= 0.6 is 0 Å². The second-order valence-corrected chi connectivity index (χ2v) is 2.91. The molecule has 55 valence electrons. The third-order valence-electron chi connectivity index (χ3n) is 2.14. The highest BCUT2D eigenvalue weighted by atomic mass is 14.1. The third-order valence-corrected chi connectivity index (χ3v) is 2.14. The summed E-state index contributed by atoms with van der Waals surface area (Å²) in [5.41, 5.74) is 2.94. The topological polar surface area (TPSA) is 0 Å². The number of rotatable bonds is 0. The Balaban J connectivity index is 2.40. The van der Waals surface area contributed by atoms with E-state index in [0.717, 1.165) is 6.42 Å². The van der Waals surface area contributed by atoms with Crippen molar-refractivity contribution in [3.8, 4) is 0 Å². The van der Waals surface area contributed by atoms with Crippen molar-refractivity contribution in [3.63, 3.8) is 0 Å². The zero-order valence-corrected chi connectivity index (χ0v) is 6.51. The van der Waals surface area contributed by atoms with Gasteiger partial charge in [-0.15, -0.1) is 0 Å².